The molecule has 1 unspecified atom stereocenters. The van der Waals surface area contributed by atoms with E-state index in [1.807, 2.05) is 0 Å². The van der Waals surface area contributed by atoms with Crippen molar-refractivity contribution < 1.29 is 9.47 Å². The quantitative estimate of drug-likeness (QED) is 0.672. The fourth-order valence-corrected chi connectivity index (χ4v) is 2.07. The lowest BCUT2D eigenvalue weighted by Crippen LogP contribution is -2.15. The zero-order chi connectivity index (χ0) is 15.0. The molecule has 1 aromatic carbocycles. The summed E-state index contributed by atoms with van der Waals surface area (Å²) in [6.07, 6.45) is 2.54. The van der Waals surface area contributed by atoms with Crippen molar-refractivity contribution in [2.45, 2.75) is 59.7 Å². The number of rotatable bonds is 9. The Kier molecular flexibility index (Phi) is 7.86. The minimum atomic E-state index is 0.277. The molecule has 1 aromatic rings. The SMILES string of the molecule is CC(C)COC(C)Cc1cccc(CCOC(C)C)c1. The van der Waals surface area contributed by atoms with Crippen molar-refractivity contribution in [3.05, 3.63) is 35.4 Å². The summed E-state index contributed by atoms with van der Waals surface area (Å²) in [4.78, 5) is 0. The van der Waals surface area contributed by atoms with Crippen LogP contribution >= 0.6 is 0 Å². The van der Waals surface area contributed by atoms with Gasteiger partial charge in [0, 0.05) is 6.61 Å². The van der Waals surface area contributed by atoms with E-state index in [1.54, 1.807) is 0 Å². The fraction of sp³-hybridized carbons (Fsp3) is 0.667. The molecular weight excluding hydrogens is 248 g/mol. The molecule has 0 heterocycles. The molecular formula is C18H30O2. The third kappa shape index (κ3) is 7.66. The van der Waals surface area contributed by atoms with Crippen molar-refractivity contribution in [2.75, 3.05) is 13.2 Å². The van der Waals surface area contributed by atoms with Crippen molar-refractivity contribution in [3.63, 3.8) is 0 Å². The van der Waals surface area contributed by atoms with Crippen molar-refractivity contribution in [3.8, 4) is 0 Å². The molecule has 0 aromatic heterocycles. The predicted octanol–water partition coefficient (Wildman–Crippen LogP) is 4.26. The number of hydrogen-bond donors (Lipinski definition) is 0. The Morgan fingerprint density at radius 1 is 0.950 bits per heavy atom. The van der Waals surface area contributed by atoms with E-state index in [4.69, 9.17) is 9.47 Å². The van der Waals surface area contributed by atoms with Gasteiger partial charge < -0.3 is 9.47 Å². The number of ether oxygens (including phenoxy) is 2. The van der Waals surface area contributed by atoms with E-state index in [9.17, 15) is 0 Å². The molecule has 0 amide bonds. The van der Waals surface area contributed by atoms with Crippen molar-refractivity contribution >= 4 is 0 Å². The Balaban J connectivity index is 2.42. The van der Waals surface area contributed by atoms with E-state index in [2.05, 4.69) is 58.9 Å². The van der Waals surface area contributed by atoms with Crippen LogP contribution in [0.3, 0.4) is 0 Å². The van der Waals surface area contributed by atoms with E-state index >= 15 is 0 Å². The molecule has 2 nitrogen and oxygen atoms in total. The van der Waals surface area contributed by atoms with Gasteiger partial charge in [-0.15, -0.1) is 0 Å². The summed E-state index contributed by atoms with van der Waals surface area (Å²) in [6.45, 7) is 12.3. The van der Waals surface area contributed by atoms with Gasteiger partial charge in [-0.1, -0.05) is 38.1 Å². The lowest BCUT2D eigenvalue weighted by molar-refractivity contribution is 0.0480. The minimum Gasteiger partial charge on any atom is -0.378 e. The van der Waals surface area contributed by atoms with Gasteiger partial charge in [0.1, 0.15) is 0 Å². The Morgan fingerprint density at radius 2 is 1.65 bits per heavy atom. The van der Waals surface area contributed by atoms with Crippen LogP contribution in [0.1, 0.15) is 45.7 Å². The summed E-state index contributed by atoms with van der Waals surface area (Å²) >= 11 is 0. The highest BCUT2D eigenvalue weighted by Gasteiger charge is 2.06. The molecule has 0 aliphatic rings. The van der Waals surface area contributed by atoms with Gasteiger partial charge in [0.25, 0.3) is 0 Å². The summed E-state index contributed by atoms with van der Waals surface area (Å²) in [5, 5.41) is 0. The monoisotopic (exact) mass is 278 g/mol. The second-order valence-corrected chi connectivity index (χ2v) is 6.23. The van der Waals surface area contributed by atoms with E-state index in [-0.39, 0.29) is 6.10 Å². The van der Waals surface area contributed by atoms with Crippen LogP contribution in [0.25, 0.3) is 0 Å². The average Bonchev–Trinajstić information content (AvgIpc) is 2.36. The summed E-state index contributed by atoms with van der Waals surface area (Å²) in [5.74, 6) is 0.594. The zero-order valence-electron chi connectivity index (χ0n) is 13.7. The van der Waals surface area contributed by atoms with Gasteiger partial charge in [0.05, 0.1) is 18.8 Å². The van der Waals surface area contributed by atoms with Crippen LogP contribution in [0.5, 0.6) is 0 Å². The molecule has 114 valence electrons. The van der Waals surface area contributed by atoms with E-state index in [1.165, 1.54) is 11.1 Å². The van der Waals surface area contributed by atoms with Gasteiger partial charge >= 0.3 is 0 Å². The second kappa shape index (κ2) is 9.15. The molecule has 0 aliphatic carbocycles. The molecule has 1 rings (SSSR count). The predicted molar refractivity (Wildman–Crippen MR) is 85.2 cm³/mol. The maximum absolute atomic E-state index is 5.84. The van der Waals surface area contributed by atoms with Gasteiger partial charge in [-0.2, -0.15) is 0 Å². The molecule has 0 spiro atoms. The fourth-order valence-electron chi connectivity index (χ4n) is 2.07. The Bertz CT molecular complexity index is 371. The normalized spacial score (nSPS) is 13.2. The van der Waals surface area contributed by atoms with Crippen LogP contribution in [0.2, 0.25) is 0 Å². The standard InChI is InChI=1S/C18H30O2/c1-14(2)13-20-16(5)11-18-8-6-7-17(12-18)9-10-19-15(3)4/h6-8,12,14-16H,9-11,13H2,1-5H3. The molecule has 0 aliphatic heterocycles. The van der Waals surface area contributed by atoms with Gasteiger partial charge in [-0.3, -0.25) is 0 Å². The molecule has 2 heteroatoms. The van der Waals surface area contributed by atoms with E-state index in [0.29, 0.717) is 12.0 Å². The zero-order valence-corrected chi connectivity index (χ0v) is 13.7. The lowest BCUT2D eigenvalue weighted by atomic mass is 10.0. The van der Waals surface area contributed by atoms with Gasteiger partial charge in [0.15, 0.2) is 0 Å². The average molecular weight is 278 g/mol. The van der Waals surface area contributed by atoms with Crippen LogP contribution < -0.4 is 0 Å². The third-order valence-electron chi connectivity index (χ3n) is 3.07. The highest BCUT2D eigenvalue weighted by molar-refractivity contribution is 5.24. The summed E-state index contributed by atoms with van der Waals surface area (Å²) in [7, 11) is 0. The molecule has 0 bridgehead atoms. The maximum atomic E-state index is 5.84. The molecule has 0 N–H and O–H groups in total. The van der Waals surface area contributed by atoms with Crippen molar-refractivity contribution in [2.24, 2.45) is 5.92 Å². The number of benzene rings is 1. The molecule has 0 saturated carbocycles. The smallest absolute Gasteiger partial charge is 0.0587 e. The summed E-state index contributed by atoms with van der Waals surface area (Å²) < 4.78 is 11.4. The van der Waals surface area contributed by atoms with E-state index in [0.717, 1.165) is 26.1 Å². The van der Waals surface area contributed by atoms with E-state index < -0.39 is 0 Å². The van der Waals surface area contributed by atoms with Crippen LogP contribution in [-0.4, -0.2) is 25.4 Å². The Labute approximate surface area is 124 Å². The van der Waals surface area contributed by atoms with Gasteiger partial charge in [-0.05, 0) is 50.7 Å². The Morgan fingerprint density at radius 3 is 2.30 bits per heavy atom. The van der Waals surface area contributed by atoms with Crippen LogP contribution in [0, 0.1) is 5.92 Å². The van der Waals surface area contributed by atoms with Crippen molar-refractivity contribution in [1.82, 2.24) is 0 Å². The van der Waals surface area contributed by atoms with Gasteiger partial charge in [0.2, 0.25) is 0 Å². The number of hydrogen-bond acceptors (Lipinski definition) is 2. The largest absolute Gasteiger partial charge is 0.378 e. The molecule has 1 atom stereocenters. The molecule has 0 saturated heterocycles. The summed E-state index contributed by atoms with van der Waals surface area (Å²) in [5.41, 5.74) is 2.70. The third-order valence-corrected chi connectivity index (χ3v) is 3.07. The minimum absolute atomic E-state index is 0.277. The first-order chi connectivity index (χ1) is 9.47. The summed E-state index contributed by atoms with van der Waals surface area (Å²) in [6, 6.07) is 8.77. The Hall–Kier alpha value is -0.860. The van der Waals surface area contributed by atoms with Crippen LogP contribution in [0.4, 0.5) is 0 Å². The van der Waals surface area contributed by atoms with Crippen LogP contribution in [-0.2, 0) is 22.3 Å². The highest BCUT2D eigenvalue weighted by atomic mass is 16.5. The highest BCUT2D eigenvalue weighted by Crippen LogP contribution is 2.11. The van der Waals surface area contributed by atoms with Gasteiger partial charge in [-0.25, -0.2) is 0 Å². The van der Waals surface area contributed by atoms with Crippen LogP contribution in [0.15, 0.2) is 24.3 Å². The molecule has 20 heavy (non-hydrogen) atoms. The first kappa shape index (κ1) is 17.2. The molecule has 0 fully saturated rings. The lowest BCUT2D eigenvalue weighted by Gasteiger charge is -2.15. The first-order valence-electron chi connectivity index (χ1n) is 7.78. The maximum Gasteiger partial charge on any atom is 0.0587 e. The molecule has 0 radical (unpaired) electrons. The van der Waals surface area contributed by atoms with Crippen molar-refractivity contribution in [1.29, 1.82) is 0 Å². The first-order valence-corrected chi connectivity index (χ1v) is 7.78. The topological polar surface area (TPSA) is 18.5 Å². The second-order valence-electron chi connectivity index (χ2n) is 6.23.